The summed E-state index contributed by atoms with van der Waals surface area (Å²) >= 11 is 5.50. The van der Waals surface area contributed by atoms with E-state index in [2.05, 4.69) is 6.92 Å². The molecule has 1 rings (SSSR count). The molecule has 4 heteroatoms. The summed E-state index contributed by atoms with van der Waals surface area (Å²) in [5.41, 5.74) is 0.943. The van der Waals surface area contributed by atoms with E-state index >= 15 is 0 Å². The van der Waals surface area contributed by atoms with Gasteiger partial charge in [0.1, 0.15) is 6.61 Å². The molecule has 0 aliphatic rings. The summed E-state index contributed by atoms with van der Waals surface area (Å²) in [5, 5.41) is -0.471. The third kappa shape index (κ3) is 11.0. The molecule has 0 fully saturated rings. The molecule has 0 N–H and O–H groups in total. The van der Waals surface area contributed by atoms with Crippen LogP contribution in [0.25, 0.3) is 0 Å². The number of carbonyl (C=O) groups is 2. The molecule has 1 atom stereocenters. The molecule has 1 aromatic carbocycles. The predicted molar refractivity (Wildman–Crippen MR) is 102 cm³/mol. The molecule has 25 heavy (non-hydrogen) atoms. The number of unbranched alkanes of at least 4 members (excludes halogenated alkanes) is 7. The van der Waals surface area contributed by atoms with E-state index in [1.54, 1.807) is 0 Å². The number of ether oxygens (including phenoxy) is 1. The van der Waals surface area contributed by atoms with E-state index in [9.17, 15) is 9.59 Å². The van der Waals surface area contributed by atoms with Crippen LogP contribution >= 0.6 is 11.6 Å². The van der Waals surface area contributed by atoms with Crippen LogP contribution in [0.4, 0.5) is 0 Å². The Morgan fingerprint density at radius 1 is 0.960 bits per heavy atom. The Balaban J connectivity index is 2.27. The topological polar surface area (TPSA) is 43.4 Å². The minimum atomic E-state index is -0.471. The number of hydrogen-bond acceptors (Lipinski definition) is 3. The van der Waals surface area contributed by atoms with Crippen LogP contribution in [0, 0.1) is 5.92 Å². The Kier molecular flexibility index (Phi) is 12.0. The first-order valence-electron chi connectivity index (χ1n) is 9.52. The van der Waals surface area contributed by atoms with Crippen molar-refractivity contribution in [3.05, 3.63) is 35.9 Å². The number of benzene rings is 1. The molecule has 140 valence electrons. The quantitative estimate of drug-likeness (QED) is 0.229. The molecule has 0 saturated heterocycles. The third-order valence-corrected chi connectivity index (χ3v) is 4.52. The molecule has 0 amide bonds. The first-order chi connectivity index (χ1) is 12.1. The van der Waals surface area contributed by atoms with Gasteiger partial charge >= 0.3 is 5.97 Å². The van der Waals surface area contributed by atoms with Crippen LogP contribution in [0.15, 0.2) is 30.3 Å². The Labute approximate surface area is 157 Å². The van der Waals surface area contributed by atoms with E-state index in [1.807, 2.05) is 30.3 Å². The van der Waals surface area contributed by atoms with Crippen LogP contribution in [0.1, 0.15) is 76.7 Å². The second kappa shape index (κ2) is 13.9. The molecule has 3 nitrogen and oxygen atoms in total. The van der Waals surface area contributed by atoms with Crippen molar-refractivity contribution in [2.75, 3.05) is 0 Å². The van der Waals surface area contributed by atoms with Gasteiger partial charge in [-0.1, -0.05) is 88.6 Å². The number of esters is 1. The minimum absolute atomic E-state index is 0.0612. The Morgan fingerprint density at radius 2 is 1.56 bits per heavy atom. The molecular weight excluding hydrogens is 336 g/mol. The van der Waals surface area contributed by atoms with Crippen molar-refractivity contribution in [2.24, 2.45) is 5.92 Å². The summed E-state index contributed by atoms with van der Waals surface area (Å²) in [6, 6.07) is 9.55. The predicted octanol–water partition coefficient (Wildman–Crippen LogP) is 6.03. The van der Waals surface area contributed by atoms with Crippen LogP contribution < -0.4 is 0 Å². The minimum Gasteiger partial charge on any atom is -0.461 e. The first kappa shape index (κ1) is 21.7. The molecule has 0 aliphatic heterocycles. The maximum Gasteiger partial charge on any atom is 0.309 e. The summed E-state index contributed by atoms with van der Waals surface area (Å²) < 4.78 is 5.36. The molecular formula is C21H31ClO3. The zero-order valence-corrected chi connectivity index (χ0v) is 16.1. The Bertz CT molecular complexity index is 487. The van der Waals surface area contributed by atoms with Crippen LogP contribution in [0.3, 0.4) is 0 Å². The van der Waals surface area contributed by atoms with Gasteiger partial charge in [-0.2, -0.15) is 0 Å². The molecule has 0 aromatic heterocycles. The standard InChI is InChI=1S/C21H31ClO3/c1-2-3-4-5-6-7-8-12-15-19(16-20(22)23)21(24)25-17-18-13-10-9-11-14-18/h9-11,13-14,19H,2-8,12,15-17H2,1H3/t19-/m1/s1. The first-order valence-corrected chi connectivity index (χ1v) is 9.90. The molecule has 0 heterocycles. The average Bonchev–Trinajstić information content (AvgIpc) is 2.61. The average molecular weight is 367 g/mol. The van der Waals surface area contributed by atoms with E-state index < -0.39 is 11.2 Å². The van der Waals surface area contributed by atoms with Crippen molar-refractivity contribution in [3.63, 3.8) is 0 Å². The van der Waals surface area contributed by atoms with Gasteiger partial charge in [-0.05, 0) is 23.6 Å². The molecule has 0 radical (unpaired) electrons. The number of hydrogen-bond donors (Lipinski definition) is 0. The third-order valence-electron chi connectivity index (χ3n) is 4.37. The smallest absolute Gasteiger partial charge is 0.309 e. The number of carbonyl (C=O) groups excluding carboxylic acids is 2. The van der Waals surface area contributed by atoms with Crippen molar-refractivity contribution in [3.8, 4) is 0 Å². The van der Waals surface area contributed by atoms with Gasteiger partial charge in [-0.25, -0.2) is 0 Å². The fraction of sp³-hybridized carbons (Fsp3) is 0.619. The van der Waals surface area contributed by atoms with Gasteiger partial charge < -0.3 is 4.74 Å². The summed E-state index contributed by atoms with van der Waals surface area (Å²) in [7, 11) is 0. The monoisotopic (exact) mass is 366 g/mol. The lowest BCUT2D eigenvalue weighted by atomic mass is 9.97. The van der Waals surface area contributed by atoms with E-state index in [-0.39, 0.29) is 19.0 Å². The Morgan fingerprint density at radius 3 is 2.16 bits per heavy atom. The van der Waals surface area contributed by atoms with E-state index in [0.717, 1.165) is 18.4 Å². The lowest BCUT2D eigenvalue weighted by Gasteiger charge is -2.14. The van der Waals surface area contributed by atoms with Gasteiger partial charge in [-0.15, -0.1) is 0 Å². The van der Waals surface area contributed by atoms with Crippen LogP contribution in [0.5, 0.6) is 0 Å². The van der Waals surface area contributed by atoms with Gasteiger partial charge in [-0.3, -0.25) is 9.59 Å². The van der Waals surface area contributed by atoms with Crippen molar-refractivity contribution in [2.45, 2.75) is 77.7 Å². The Hall–Kier alpha value is -1.35. The fourth-order valence-corrected chi connectivity index (χ4v) is 3.05. The number of rotatable bonds is 14. The lowest BCUT2D eigenvalue weighted by Crippen LogP contribution is -2.19. The van der Waals surface area contributed by atoms with Crippen molar-refractivity contribution < 1.29 is 14.3 Å². The van der Waals surface area contributed by atoms with Gasteiger partial charge in [0, 0.05) is 6.42 Å². The van der Waals surface area contributed by atoms with Gasteiger partial charge in [0.15, 0.2) is 0 Å². The van der Waals surface area contributed by atoms with E-state index in [0.29, 0.717) is 6.42 Å². The normalized spacial score (nSPS) is 11.9. The molecule has 0 saturated carbocycles. The van der Waals surface area contributed by atoms with Gasteiger partial charge in [0.2, 0.25) is 5.24 Å². The highest BCUT2D eigenvalue weighted by atomic mass is 35.5. The van der Waals surface area contributed by atoms with Gasteiger partial charge in [0.25, 0.3) is 0 Å². The fourth-order valence-electron chi connectivity index (χ4n) is 2.87. The summed E-state index contributed by atoms with van der Waals surface area (Å²) in [6.07, 6.45) is 10.4. The second-order valence-corrected chi connectivity index (χ2v) is 7.03. The van der Waals surface area contributed by atoms with Crippen LogP contribution in [-0.4, -0.2) is 11.2 Å². The lowest BCUT2D eigenvalue weighted by molar-refractivity contribution is -0.151. The SMILES string of the molecule is CCCCCCCCCC[C@H](CC(=O)Cl)C(=O)OCc1ccccc1. The molecule has 1 aromatic rings. The summed E-state index contributed by atoms with van der Waals surface area (Å²) in [6.45, 7) is 2.46. The highest BCUT2D eigenvalue weighted by Gasteiger charge is 2.22. The molecule has 0 aliphatic carbocycles. The second-order valence-electron chi connectivity index (χ2n) is 6.61. The van der Waals surface area contributed by atoms with E-state index in [1.165, 1.54) is 38.5 Å². The summed E-state index contributed by atoms with van der Waals surface area (Å²) in [5.74, 6) is -0.741. The highest BCUT2D eigenvalue weighted by Crippen LogP contribution is 2.19. The highest BCUT2D eigenvalue weighted by molar-refractivity contribution is 6.63. The molecule has 0 unspecified atom stereocenters. The molecule has 0 bridgehead atoms. The van der Waals surface area contributed by atoms with Crippen molar-refractivity contribution in [1.82, 2.24) is 0 Å². The van der Waals surface area contributed by atoms with Crippen LogP contribution in [-0.2, 0) is 20.9 Å². The maximum atomic E-state index is 12.3. The van der Waals surface area contributed by atoms with Gasteiger partial charge in [0.05, 0.1) is 5.92 Å². The van der Waals surface area contributed by atoms with Crippen LogP contribution in [0.2, 0.25) is 0 Å². The van der Waals surface area contributed by atoms with Crippen molar-refractivity contribution >= 4 is 22.8 Å². The maximum absolute atomic E-state index is 12.3. The zero-order valence-electron chi connectivity index (χ0n) is 15.3. The summed E-state index contributed by atoms with van der Waals surface area (Å²) in [4.78, 5) is 23.5. The molecule has 0 spiro atoms. The number of halogens is 1. The zero-order chi connectivity index (χ0) is 18.3. The van der Waals surface area contributed by atoms with E-state index in [4.69, 9.17) is 16.3 Å². The largest absolute Gasteiger partial charge is 0.461 e. The van der Waals surface area contributed by atoms with Crippen molar-refractivity contribution in [1.29, 1.82) is 0 Å².